The molecule has 1 aliphatic heterocycles. The van der Waals surface area contributed by atoms with Crippen LogP contribution in [0.15, 0.2) is 48.5 Å². The number of amides is 3. The Hall–Kier alpha value is -2.84. The zero-order chi connectivity index (χ0) is 20.3. The van der Waals surface area contributed by atoms with Crippen LogP contribution in [0.3, 0.4) is 0 Å². The molecule has 2 N–H and O–H groups in total. The first kappa shape index (κ1) is 19.9. The van der Waals surface area contributed by atoms with Gasteiger partial charge in [-0.3, -0.25) is 9.69 Å². The number of aliphatic hydroxyl groups excluding tert-OH is 1. The standard InChI is InChI=1S/C20H20F2N2O4/c1-20(14-6-8-15(21)9-7-14)18(26)24(19(27)23-20)10-16(25)12-28-11-13-4-2-3-5-17(13)22/h2-9,16,25H,10-12H2,1H3,(H,23,27). The van der Waals surface area contributed by atoms with Gasteiger partial charge in [0.05, 0.1) is 25.9 Å². The largest absolute Gasteiger partial charge is 0.389 e. The van der Waals surface area contributed by atoms with Crippen molar-refractivity contribution in [2.24, 2.45) is 0 Å². The van der Waals surface area contributed by atoms with E-state index in [0.29, 0.717) is 11.1 Å². The van der Waals surface area contributed by atoms with Gasteiger partial charge in [-0.1, -0.05) is 30.3 Å². The van der Waals surface area contributed by atoms with Crippen LogP contribution in [0.2, 0.25) is 0 Å². The fourth-order valence-electron chi connectivity index (χ4n) is 3.03. The smallest absolute Gasteiger partial charge is 0.325 e. The number of imide groups is 1. The average Bonchev–Trinajstić information content (AvgIpc) is 2.88. The molecule has 0 radical (unpaired) electrons. The zero-order valence-electron chi connectivity index (χ0n) is 15.2. The Kier molecular flexibility index (Phi) is 5.71. The highest BCUT2D eigenvalue weighted by atomic mass is 19.1. The molecule has 0 bridgehead atoms. The van der Waals surface area contributed by atoms with Gasteiger partial charge in [-0.05, 0) is 30.7 Å². The van der Waals surface area contributed by atoms with E-state index in [9.17, 15) is 23.5 Å². The molecule has 1 saturated heterocycles. The predicted octanol–water partition coefficient (Wildman–Crippen LogP) is 2.31. The molecule has 148 valence electrons. The van der Waals surface area contributed by atoms with Gasteiger partial charge in [0.15, 0.2) is 0 Å². The summed E-state index contributed by atoms with van der Waals surface area (Å²) in [5, 5.41) is 12.7. The van der Waals surface area contributed by atoms with Crippen molar-refractivity contribution in [1.29, 1.82) is 0 Å². The van der Waals surface area contributed by atoms with Crippen LogP contribution < -0.4 is 5.32 Å². The maximum Gasteiger partial charge on any atom is 0.325 e. The molecule has 28 heavy (non-hydrogen) atoms. The van der Waals surface area contributed by atoms with Crippen LogP contribution in [0.1, 0.15) is 18.1 Å². The molecule has 2 atom stereocenters. The van der Waals surface area contributed by atoms with Crippen LogP contribution in [0, 0.1) is 11.6 Å². The van der Waals surface area contributed by atoms with Gasteiger partial charge in [-0.25, -0.2) is 13.6 Å². The number of hydrogen-bond donors (Lipinski definition) is 2. The number of ether oxygens (including phenoxy) is 1. The summed E-state index contributed by atoms with van der Waals surface area (Å²) in [7, 11) is 0. The summed E-state index contributed by atoms with van der Waals surface area (Å²) in [5.41, 5.74) is -0.577. The Labute approximate surface area is 160 Å². The Morgan fingerprint density at radius 3 is 2.50 bits per heavy atom. The maximum absolute atomic E-state index is 13.5. The first-order chi connectivity index (χ1) is 13.3. The fraction of sp³-hybridized carbons (Fsp3) is 0.300. The molecule has 1 aliphatic rings. The molecule has 2 aromatic carbocycles. The number of aliphatic hydroxyl groups is 1. The van der Waals surface area contributed by atoms with E-state index in [4.69, 9.17) is 4.74 Å². The third-order valence-corrected chi connectivity index (χ3v) is 4.62. The number of halogens is 2. The van der Waals surface area contributed by atoms with Crippen molar-refractivity contribution >= 4 is 11.9 Å². The molecule has 0 saturated carbocycles. The van der Waals surface area contributed by atoms with E-state index in [2.05, 4.69) is 5.32 Å². The lowest BCUT2D eigenvalue weighted by molar-refractivity contribution is -0.132. The second-order valence-corrected chi connectivity index (χ2v) is 6.74. The summed E-state index contributed by atoms with van der Waals surface area (Å²) in [4.78, 5) is 25.9. The van der Waals surface area contributed by atoms with Crippen molar-refractivity contribution < 1.29 is 28.2 Å². The number of nitrogens with zero attached hydrogens (tertiary/aromatic N) is 1. The van der Waals surface area contributed by atoms with Gasteiger partial charge in [0.2, 0.25) is 0 Å². The van der Waals surface area contributed by atoms with Crippen molar-refractivity contribution in [2.45, 2.75) is 25.2 Å². The van der Waals surface area contributed by atoms with E-state index < -0.39 is 35.2 Å². The summed E-state index contributed by atoms with van der Waals surface area (Å²) < 4.78 is 32.0. The van der Waals surface area contributed by atoms with Crippen molar-refractivity contribution in [1.82, 2.24) is 10.2 Å². The summed E-state index contributed by atoms with van der Waals surface area (Å²) in [5.74, 6) is -1.43. The number of β-amino-alcohol motifs (C(OH)–C–C–N with tert-alkyl or cyclic N) is 1. The lowest BCUT2D eigenvalue weighted by Gasteiger charge is -2.23. The Morgan fingerprint density at radius 2 is 1.82 bits per heavy atom. The van der Waals surface area contributed by atoms with Gasteiger partial charge in [0.1, 0.15) is 17.2 Å². The molecule has 1 fully saturated rings. The molecular formula is C20H20F2N2O4. The van der Waals surface area contributed by atoms with Crippen molar-refractivity contribution in [3.8, 4) is 0 Å². The molecular weight excluding hydrogens is 370 g/mol. The van der Waals surface area contributed by atoms with E-state index in [1.54, 1.807) is 18.2 Å². The fourth-order valence-corrected chi connectivity index (χ4v) is 3.03. The third-order valence-electron chi connectivity index (χ3n) is 4.62. The highest BCUT2D eigenvalue weighted by Gasteiger charge is 2.49. The highest BCUT2D eigenvalue weighted by Crippen LogP contribution is 2.29. The summed E-state index contributed by atoms with van der Waals surface area (Å²) in [6.07, 6.45) is -1.14. The van der Waals surface area contributed by atoms with Crippen LogP contribution in [0.25, 0.3) is 0 Å². The molecule has 1 heterocycles. The molecule has 0 aromatic heterocycles. The molecule has 2 unspecified atom stereocenters. The normalized spacial score (nSPS) is 20.4. The van der Waals surface area contributed by atoms with Gasteiger partial charge in [0.25, 0.3) is 5.91 Å². The molecule has 0 spiro atoms. The molecule has 0 aliphatic carbocycles. The predicted molar refractivity (Wildman–Crippen MR) is 96.1 cm³/mol. The van der Waals surface area contributed by atoms with Crippen molar-refractivity contribution in [3.05, 3.63) is 71.3 Å². The molecule has 3 rings (SSSR count). The van der Waals surface area contributed by atoms with E-state index in [1.807, 2.05) is 0 Å². The highest BCUT2D eigenvalue weighted by molar-refractivity contribution is 6.07. The number of urea groups is 1. The average molecular weight is 390 g/mol. The third kappa shape index (κ3) is 4.02. The van der Waals surface area contributed by atoms with Crippen LogP contribution in [-0.2, 0) is 21.7 Å². The second-order valence-electron chi connectivity index (χ2n) is 6.74. The molecule has 8 heteroatoms. The monoisotopic (exact) mass is 390 g/mol. The summed E-state index contributed by atoms with van der Waals surface area (Å²) in [6, 6.07) is 10.7. The lowest BCUT2D eigenvalue weighted by Crippen LogP contribution is -2.42. The van der Waals surface area contributed by atoms with Crippen molar-refractivity contribution in [3.63, 3.8) is 0 Å². The molecule has 3 amide bonds. The number of carbonyl (C=O) groups is 2. The lowest BCUT2D eigenvalue weighted by atomic mass is 9.92. The van der Waals surface area contributed by atoms with Gasteiger partial charge in [0, 0.05) is 5.56 Å². The van der Waals surface area contributed by atoms with Gasteiger partial charge in [-0.15, -0.1) is 0 Å². The zero-order valence-corrected chi connectivity index (χ0v) is 15.2. The van der Waals surface area contributed by atoms with Crippen molar-refractivity contribution in [2.75, 3.05) is 13.2 Å². The number of rotatable bonds is 7. The van der Waals surface area contributed by atoms with Crippen LogP contribution in [0.5, 0.6) is 0 Å². The van der Waals surface area contributed by atoms with E-state index in [1.165, 1.54) is 37.3 Å². The number of nitrogens with one attached hydrogen (secondary N) is 1. The minimum Gasteiger partial charge on any atom is -0.389 e. The SMILES string of the molecule is CC1(c2ccc(F)cc2)NC(=O)N(CC(O)COCc2ccccc2F)C1=O. The first-order valence-electron chi connectivity index (χ1n) is 8.70. The summed E-state index contributed by atoms with van der Waals surface area (Å²) in [6.45, 7) is 1.01. The molecule has 2 aromatic rings. The minimum absolute atomic E-state index is 0.0445. The van der Waals surface area contributed by atoms with Crippen LogP contribution in [-0.4, -0.2) is 41.2 Å². The quantitative estimate of drug-likeness (QED) is 0.712. The van der Waals surface area contributed by atoms with E-state index in [0.717, 1.165) is 4.90 Å². The Morgan fingerprint density at radius 1 is 1.14 bits per heavy atom. The van der Waals surface area contributed by atoms with Gasteiger partial charge in [-0.2, -0.15) is 0 Å². The number of hydrogen-bond acceptors (Lipinski definition) is 4. The van der Waals surface area contributed by atoms with E-state index in [-0.39, 0.29) is 19.8 Å². The topological polar surface area (TPSA) is 78.9 Å². The van der Waals surface area contributed by atoms with Crippen LogP contribution in [0.4, 0.5) is 13.6 Å². The first-order valence-corrected chi connectivity index (χ1v) is 8.70. The second kappa shape index (κ2) is 8.04. The maximum atomic E-state index is 13.5. The number of benzene rings is 2. The summed E-state index contributed by atoms with van der Waals surface area (Å²) >= 11 is 0. The Bertz CT molecular complexity index is 875. The molecule has 6 nitrogen and oxygen atoms in total. The Balaban J connectivity index is 1.59. The minimum atomic E-state index is -1.35. The van der Waals surface area contributed by atoms with E-state index >= 15 is 0 Å². The van der Waals surface area contributed by atoms with Crippen LogP contribution >= 0.6 is 0 Å². The van der Waals surface area contributed by atoms with Gasteiger partial charge < -0.3 is 15.2 Å². The number of carbonyl (C=O) groups excluding carboxylic acids is 2. The van der Waals surface area contributed by atoms with Gasteiger partial charge >= 0.3 is 6.03 Å².